The Balaban J connectivity index is 2.81. The summed E-state index contributed by atoms with van der Waals surface area (Å²) in [5, 5.41) is 0.796. The van der Waals surface area contributed by atoms with Crippen LogP contribution in [0, 0.1) is 12.3 Å². The zero-order valence-electron chi connectivity index (χ0n) is 9.95. The molecule has 0 bridgehead atoms. The number of hydrogen-bond donors (Lipinski definition) is 0. The van der Waals surface area contributed by atoms with Crippen molar-refractivity contribution in [1.82, 2.24) is 4.90 Å². The van der Waals surface area contributed by atoms with Gasteiger partial charge in [-0.05, 0) is 24.1 Å². The summed E-state index contributed by atoms with van der Waals surface area (Å²) in [6.07, 6.45) is 6.18. The van der Waals surface area contributed by atoms with E-state index in [9.17, 15) is 4.79 Å². The molecule has 1 aromatic rings. The number of benzene rings is 1. The number of carbonyl (C=O) groups excluding carboxylic acids is 1. The maximum Gasteiger partial charge on any atom is 0.254 e. The molecule has 2 nitrogen and oxygen atoms in total. The predicted molar refractivity (Wildman–Crippen MR) is 74.1 cm³/mol. The number of terminal acetylenes is 1. The average molecular weight is 294 g/mol. The number of amides is 1. The quantitative estimate of drug-likeness (QED) is 0.604. The highest BCUT2D eigenvalue weighted by Crippen LogP contribution is 2.10. The first-order valence-electron chi connectivity index (χ1n) is 5.60. The summed E-state index contributed by atoms with van der Waals surface area (Å²) in [4.78, 5) is 13.8. The number of halogens is 1. The van der Waals surface area contributed by atoms with Crippen LogP contribution in [0.3, 0.4) is 0 Å². The topological polar surface area (TPSA) is 20.3 Å². The summed E-state index contributed by atoms with van der Waals surface area (Å²) < 4.78 is 0. The van der Waals surface area contributed by atoms with E-state index in [4.69, 9.17) is 6.42 Å². The molecular weight excluding hydrogens is 278 g/mol. The van der Waals surface area contributed by atoms with Crippen LogP contribution in [0.5, 0.6) is 0 Å². The predicted octanol–water partition coefficient (Wildman–Crippen LogP) is 3.07. The van der Waals surface area contributed by atoms with Crippen molar-refractivity contribution in [3.63, 3.8) is 0 Å². The molecule has 1 amide bonds. The molecule has 0 unspecified atom stereocenters. The first-order chi connectivity index (χ1) is 8.22. The van der Waals surface area contributed by atoms with E-state index in [-0.39, 0.29) is 5.91 Å². The minimum absolute atomic E-state index is 0.00548. The van der Waals surface area contributed by atoms with Crippen molar-refractivity contribution < 1.29 is 4.79 Å². The van der Waals surface area contributed by atoms with Gasteiger partial charge in [-0.2, -0.15) is 0 Å². The average Bonchev–Trinajstić information content (AvgIpc) is 2.38. The molecule has 90 valence electrons. The maximum atomic E-state index is 12.1. The Morgan fingerprint density at radius 2 is 2.06 bits per heavy atom. The lowest BCUT2D eigenvalue weighted by Gasteiger charge is -2.19. The number of rotatable bonds is 5. The fourth-order valence-electron chi connectivity index (χ4n) is 1.55. The highest BCUT2D eigenvalue weighted by Gasteiger charge is 2.13. The van der Waals surface area contributed by atoms with Gasteiger partial charge in [-0.1, -0.05) is 40.9 Å². The van der Waals surface area contributed by atoms with E-state index in [1.165, 1.54) is 0 Å². The van der Waals surface area contributed by atoms with Gasteiger partial charge >= 0.3 is 0 Å². The molecule has 0 saturated heterocycles. The second kappa shape index (κ2) is 7.13. The van der Waals surface area contributed by atoms with Gasteiger partial charge in [-0.15, -0.1) is 6.42 Å². The molecule has 0 aliphatic heterocycles. The van der Waals surface area contributed by atoms with Crippen LogP contribution in [-0.4, -0.2) is 23.9 Å². The van der Waals surface area contributed by atoms with Crippen molar-refractivity contribution in [2.45, 2.75) is 18.7 Å². The lowest BCUT2D eigenvalue weighted by Crippen LogP contribution is -2.32. The third-order valence-electron chi connectivity index (χ3n) is 2.42. The number of carbonyl (C=O) groups is 1. The molecule has 0 aliphatic carbocycles. The van der Waals surface area contributed by atoms with Gasteiger partial charge in [0, 0.05) is 17.4 Å². The second-order valence-corrected chi connectivity index (χ2v) is 4.32. The molecule has 0 aromatic heterocycles. The Morgan fingerprint density at radius 1 is 1.41 bits per heavy atom. The van der Waals surface area contributed by atoms with Gasteiger partial charge in [0.1, 0.15) is 0 Å². The Morgan fingerprint density at radius 3 is 2.53 bits per heavy atom. The van der Waals surface area contributed by atoms with E-state index >= 15 is 0 Å². The molecule has 0 fully saturated rings. The van der Waals surface area contributed by atoms with Crippen LogP contribution in [0.15, 0.2) is 24.3 Å². The van der Waals surface area contributed by atoms with E-state index in [2.05, 4.69) is 21.9 Å². The Hall–Kier alpha value is -1.27. The minimum atomic E-state index is 0.00548. The Kier molecular flexibility index (Phi) is 5.79. The van der Waals surface area contributed by atoms with E-state index in [1.54, 1.807) is 4.90 Å². The first-order valence-corrected chi connectivity index (χ1v) is 6.72. The van der Waals surface area contributed by atoms with Gasteiger partial charge < -0.3 is 4.90 Å². The molecule has 0 saturated carbocycles. The van der Waals surface area contributed by atoms with Gasteiger partial charge in [-0.25, -0.2) is 0 Å². The van der Waals surface area contributed by atoms with Crippen molar-refractivity contribution in [2.24, 2.45) is 0 Å². The van der Waals surface area contributed by atoms with Gasteiger partial charge in [0.25, 0.3) is 5.91 Å². The third kappa shape index (κ3) is 3.90. The molecule has 0 aliphatic rings. The summed E-state index contributed by atoms with van der Waals surface area (Å²) in [5.41, 5.74) is 1.85. The summed E-state index contributed by atoms with van der Waals surface area (Å²) in [5.74, 6) is 2.53. The SMILES string of the molecule is C#CCN(CCC)C(=O)c1ccc(CBr)cc1. The normalized spacial score (nSPS) is 9.71. The first kappa shape index (κ1) is 13.8. The molecule has 0 radical (unpaired) electrons. The highest BCUT2D eigenvalue weighted by molar-refractivity contribution is 9.08. The van der Waals surface area contributed by atoms with Crippen molar-refractivity contribution in [3.05, 3.63) is 35.4 Å². The molecule has 1 rings (SSSR count). The molecule has 0 spiro atoms. The summed E-state index contributed by atoms with van der Waals surface area (Å²) in [6, 6.07) is 7.58. The largest absolute Gasteiger partial charge is 0.328 e. The van der Waals surface area contributed by atoms with Crippen molar-refractivity contribution >= 4 is 21.8 Å². The standard InChI is InChI=1S/C14H16BrNO/c1-3-9-16(10-4-2)14(17)13-7-5-12(11-15)6-8-13/h1,5-8H,4,9-11H2,2H3. The molecule has 0 heterocycles. The second-order valence-electron chi connectivity index (χ2n) is 3.76. The van der Waals surface area contributed by atoms with E-state index in [0.29, 0.717) is 18.7 Å². The number of hydrogen-bond acceptors (Lipinski definition) is 1. The summed E-state index contributed by atoms with van der Waals surface area (Å²) in [6.45, 7) is 3.10. The third-order valence-corrected chi connectivity index (χ3v) is 3.07. The van der Waals surface area contributed by atoms with Crippen LogP contribution in [0.4, 0.5) is 0 Å². The molecule has 0 N–H and O–H groups in total. The molecule has 0 atom stereocenters. The fraction of sp³-hybridized carbons (Fsp3) is 0.357. The van der Waals surface area contributed by atoms with Crippen LogP contribution < -0.4 is 0 Å². The van der Waals surface area contributed by atoms with Crippen molar-refractivity contribution in [1.29, 1.82) is 0 Å². The molecule has 3 heteroatoms. The van der Waals surface area contributed by atoms with Gasteiger partial charge in [0.2, 0.25) is 0 Å². The van der Waals surface area contributed by atoms with Gasteiger partial charge in [-0.3, -0.25) is 4.79 Å². The lowest BCUT2D eigenvalue weighted by atomic mass is 10.1. The fourth-order valence-corrected chi connectivity index (χ4v) is 1.93. The Labute approximate surface area is 111 Å². The van der Waals surface area contributed by atoms with Crippen molar-refractivity contribution in [2.75, 3.05) is 13.1 Å². The minimum Gasteiger partial charge on any atom is -0.328 e. The van der Waals surface area contributed by atoms with Crippen LogP contribution in [-0.2, 0) is 5.33 Å². The van der Waals surface area contributed by atoms with E-state index in [0.717, 1.165) is 17.3 Å². The van der Waals surface area contributed by atoms with Crippen LogP contribution >= 0.6 is 15.9 Å². The molecule has 17 heavy (non-hydrogen) atoms. The molecular formula is C14H16BrNO. The lowest BCUT2D eigenvalue weighted by molar-refractivity contribution is 0.0777. The van der Waals surface area contributed by atoms with E-state index < -0.39 is 0 Å². The van der Waals surface area contributed by atoms with Gasteiger partial charge in [0.15, 0.2) is 0 Å². The van der Waals surface area contributed by atoms with Crippen molar-refractivity contribution in [3.8, 4) is 12.3 Å². The van der Waals surface area contributed by atoms with E-state index in [1.807, 2.05) is 31.2 Å². The monoisotopic (exact) mass is 293 g/mol. The summed E-state index contributed by atoms with van der Waals surface area (Å²) >= 11 is 3.38. The number of alkyl halides is 1. The maximum absolute atomic E-state index is 12.1. The Bertz CT molecular complexity index is 405. The molecule has 1 aromatic carbocycles. The summed E-state index contributed by atoms with van der Waals surface area (Å²) in [7, 11) is 0. The smallest absolute Gasteiger partial charge is 0.254 e. The zero-order valence-corrected chi connectivity index (χ0v) is 11.5. The highest BCUT2D eigenvalue weighted by atomic mass is 79.9. The van der Waals surface area contributed by atoms with Crippen LogP contribution in [0.1, 0.15) is 29.3 Å². The zero-order chi connectivity index (χ0) is 12.7. The van der Waals surface area contributed by atoms with Crippen LogP contribution in [0.25, 0.3) is 0 Å². The number of nitrogens with zero attached hydrogens (tertiary/aromatic N) is 1. The van der Waals surface area contributed by atoms with Gasteiger partial charge in [0.05, 0.1) is 6.54 Å². The van der Waals surface area contributed by atoms with Crippen LogP contribution in [0.2, 0.25) is 0 Å².